The number of nitrogens with zero attached hydrogens (tertiary/aromatic N) is 2. The van der Waals surface area contributed by atoms with Crippen LogP contribution < -0.4 is 0 Å². The van der Waals surface area contributed by atoms with Gasteiger partial charge >= 0.3 is 0 Å². The van der Waals surface area contributed by atoms with Crippen LogP contribution in [-0.2, 0) is 0 Å². The smallest absolute Gasteiger partial charge is 0.0273 e. The molecule has 2 aromatic heterocycles. The second-order valence-corrected chi connectivity index (χ2v) is 15.1. The Morgan fingerprint density at radius 2 is 0.333 bits per heavy atom. The van der Waals surface area contributed by atoms with Gasteiger partial charge in [0.1, 0.15) is 0 Å². The van der Waals surface area contributed by atoms with Crippen molar-refractivity contribution in [2.75, 3.05) is 0 Å². The minimum atomic E-state index is 1.16. The van der Waals surface area contributed by atoms with Gasteiger partial charge in [0.05, 0.1) is 0 Å². The van der Waals surface area contributed by atoms with Gasteiger partial charge in [0.25, 0.3) is 0 Å². The van der Waals surface area contributed by atoms with Crippen LogP contribution in [0.5, 0.6) is 0 Å². The average Bonchev–Trinajstić information content (AvgIpc) is 3.35. The van der Waals surface area contributed by atoms with Gasteiger partial charge in [0.15, 0.2) is 0 Å². The molecule has 0 N–H and O–H groups in total. The Bertz CT molecular complexity index is 2890. The SMILES string of the molecule is c1ccc(-c2cc(-c3cccc(-c4cccc(-c5cccc(-c6ccncc6)c5)c4)c3)cc(-c3cccc(-c4cccc(-c5cccc(-c6ccncc6)c5)c4)c3)c2)cc1. The molecule has 8 aromatic carbocycles. The first kappa shape index (κ1) is 36.4. The predicted octanol–water partition coefficient (Wildman–Crippen LogP) is 15.5. The van der Waals surface area contributed by atoms with Crippen LogP contribution in [0.2, 0.25) is 0 Å². The van der Waals surface area contributed by atoms with Crippen molar-refractivity contribution >= 4 is 0 Å². The van der Waals surface area contributed by atoms with Gasteiger partial charge < -0.3 is 0 Å². The monoisotopic (exact) mass is 764 g/mol. The highest BCUT2D eigenvalue weighted by Gasteiger charge is 2.12. The van der Waals surface area contributed by atoms with Crippen molar-refractivity contribution in [2.45, 2.75) is 0 Å². The zero-order chi connectivity index (χ0) is 40.1. The number of benzene rings is 8. The highest BCUT2D eigenvalue weighted by atomic mass is 14.6. The first-order valence-electron chi connectivity index (χ1n) is 20.3. The van der Waals surface area contributed by atoms with Gasteiger partial charge in [0, 0.05) is 24.8 Å². The van der Waals surface area contributed by atoms with Crippen molar-refractivity contribution in [3.05, 3.63) is 243 Å². The van der Waals surface area contributed by atoms with E-state index in [4.69, 9.17) is 0 Å². The first-order valence-corrected chi connectivity index (χ1v) is 20.3. The van der Waals surface area contributed by atoms with E-state index in [1.165, 1.54) is 89.0 Å². The average molecular weight is 765 g/mol. The van der Waals surface area contributed by atoms with Gasteiger partial charge in [-0.3, -0.25) is 9.97 Å². The maximum absolute atomic E-state index is 4.20. The quantitative estimate of drug-likeness (QED) is 0.146. The molecule has 0 aliphatic rings. The minimum Gasteiger partial charge on any atom is -0.265 e. The van der Waals surface area contributed by atoms with Gasteiger partial charge in [0.2, 0.25) is 0 Å². The fourth-order valence-electron chi connectivity index (χ4n) is 8.12. The number of hydrogen-bond acceptors (Lipinski definition) is 2. The van der Waals surface area contributed by atoms with Crippen LogP contribution in [0.15, 0.2) is 243 Å². The van der Waals surface area contributed by atoms with Gasteiger partial charge in [-0.2, -0.15) is 0 Å². The first-order chi connectivity index (χ1) is 29.7. The van der Waals surface area contributed by atoms with Gasteiger partial charge in [-0.1, -0.05) is 140 Å². The number of pyridine rings is 2. The number of aromatic nitrogens is 2. The molecule has 2 heterocycles. The Balaban J connectivity index is 0.997. The fourth-order valence-corrected chi connectivity index (χ4v) is 8.12. The Morgan fingerprint density at radius 1 is 0.150 bits per heavy atom. The lowest BCUT2D eigenvalue weighted by Crippen LogP contribution is -1.88. The van der Waals surface area contributed by atoms with Crippen LogP contribution in [-0.4, -0.2) is 9.97 Å². The Hall–Kier alpha value is -7.94. The molecule has 0 aliphatic carbocycles. The van der Waals surface area contributed by atoms with Crippen LogP contribution in [0.1, 0.15) is 0 Å². The molecule has 0 bridgehead atoms. The van der Waals surface area contributed by atoms with Crippen molar-refractivity contribution < 1.29 is 0 Å². The summed E-state index contributed by atoms with van der Waals surface area (Å²) in [4.78, 5) is 8.40. The Labute approximate surface area is 351 Å². The molecule has 0 aliphatic heterocycles. The second kappa shape index (κ2) is 16.5. The Morgan fingerprint density at radius 3 is 0.617 bits per heavy atom. The van der Waals surface area contributed by atoms with E-state index in [0.717, 1.165) is 11.1 Å². The zero-order valence-electron chi connectivity index (χ0n) is 33.0. The third-order valence-electron chi connectivity index (χ3n) is 11.2. The van der Waals surface area contributed by atoms with Crippen LogP contribution in [0, 0.1) is 0 Å². The van der Waals surface area contributed by atoms with Crippen LogP contribution in [0.25, 0.3) is 100 Å². The summed E-state index contributed by atoms with van der Waals surface area (Å²) in [5.41, 5.74) is 21.2. The third kappa shape index (κ3) is 7.83. The van der Waals surface area contributed by atoms with Crippen molar-refractivity contribution in [2.24, 2.45) is 0 Å². The van der Waals surface area contributed by atoms with Crippen LogP contribution in [0.3, 0.4) is 0 Å². The fraction of sp³-hybridized carbons (Fsp3) is 0. The van der Waals surface area contributed by atoms with Crippen molar-refractivity contribution in [3.8, 4) is 100 Å². The number of rotatable bonds is 9. The largest absolute Gasteiger partial charge is 0.265 e. The minimum absolute atomic E-state index is 1.16. The molecule has 0 fully saturated rings. The van der Waals surface area contributed by atoms with Crippen LogP contribution in [0.4, 0.5) is 0 Å². The normalized spacial score (nSPS) is 11.0. The standard InChI is InChI=1S/C58H40N2/c1-2-10-41(11-3-1)56-38-57(54-22-8-20-52(36-54)50-18-6-16-48(34-50)46-14-4-12-44(32-46)42-24-28-59-29-25-42)40-58(39-56)55-23-9-21-53(37-55)51-19-7-17-49(35-51)47-15-5-13-45(33-47)43-26-30-60-31-27-43/h1-40H. The van der Waals surface area contributed by atoms with E-state index in [1.807, 2.05) is 24.8 Å². The molecule has 282 valence electrons. The topological polar surface area (TPSA) is 25.8 Å². The van der Waals surface area contributed by atoms with Crippen molar-refractivity contribution in [1.82, 2.24) is 9.97 Å². The summed E-state index contributed by atoms with van der Waals surface area (Å²) in [5, 5.41) is 0. The lowest BCUT2D eigenvalue weighted by atomic mass is 9.90. The van der Waals surface area contributed by atoms with E-state index >= 15 is 0 Å². The van der Waals surface area contributed by atoms with Crippen molar-refractivity contribution in [3.63, 3.8) is 0 Å². The summed E-state index contributed by atoms with van der Waals surface area (Å²) in [6.07, 6.45) is 7.38. The van der Waals surface area contributed by atoms with E-state index < -0.39 is 0 Å². The molecule has 0 saturated carbocycles. The van der Waals surface area contributed by atoms with Gasteiger partial charge in [-0.15, -0.1) is 0 Å². The highest BCUT2D eigenvalue weighted by Crippen LogP contribution is 2.37. The maximum Gasteiger partial charge on any atom is 0.0273 e. The molecule has 60 heavy (non-hydrogen) atoms. The summed E-state index contributed by atoms with van der Waals surface area (Å²) in [6, 6.07) is 79.0. The number of hydrogen-bond donors (Lipinski definition) is 0. The van der Waals surface area contributed by atoms with E-state index in [-0.39, 0.29) is 0 Å². The lowest BCUT2D eigenvalue weighted by molar-refractivity contribution is 1.33. The molecule has 0 amide bonds. The van der Waals surface area contributed by atoms with E-state index in [2.05, 4.69) is 228 Å². The predicted molar refractivity (Wildman–Crippen MR) is 251 cm³/mol. The summed E-state index contributed by atoms with van der Waals surface area (Å²) in [6.45, 7) is 0. The molecule has 0 saturated heterocycles. The van der Waals surface area contributed by atoms with Crippen LogP contribution >= 0.6 is 0 Å². The molecule has 2 heteroatoms. The molecule has 10 aromatic rings. The molecule has 0 radical (unpaired) electrons. The van der Waals surface area contributed by atoms with E-state index in [9.17, 15) is 0 Å². The van der Waals surface area contributed by atoms with E-state index in [0.29, 0.717) is 0 Å². The highest BCUT2D eigenvalue weighted by molar-refractivity contribution is 5.86. The Kier molecular flexibility index (Phi) is 10.0. The molecule has 10 rings (SSSR count). The van der Waals surface area contributed by atoms with E-state index in [1.54, 1.807) is 0 Å². The second-order valence-electron chi connectivity index (χ2n) is 15.1. The van der Waals surface area contributed by atoms with Crippen molar-refractivity contribution in [1.29, 1.82) is 0 Å². The maximum atomic E-state index is 4.20. The summed E-state index contributed by atoms with van der Waals surface area (Å²) in [5.74, 6) is 0. The van der Waals surface area contributed by atoms with Gasteiger partial charge in [-0.05, 0) is 179 Å². The molecule has 2 nitrogen and oxygen atoms in total. The molecule has 0 atom stereocenters. The molecular weight excluding hydrogens is 725 g/mol. The summed E-state index contributed by atoms with van der Waals surface area (Å²) < 4.78 is 0. The lowest BCUT2D eigenvalue weighted by Gasteiger charge is -2.14. The third-order valence-corrected chi connectivity index (χ3v) is 11.2. The summed E-state index contributed by atoms with van der Waals surface area (Å²) in [7, 11) is 0. The zero-order valence-corrected chi connectivity index (χ0v) is 33.0. The molecule has 0 unspecified atom stereocenters. The van der Waals surface area contributed by atoms with Gasteiger partial charge in [-0.25, -0.2) is 0 Å². The molecular formula is C58H40N2. The summed E-state index contributed by atoms with van der Waals surface area (Å²) >= 11 is 0. The molecule has 0 spiro atoms.